The molecule has 122 valence electrons. The second kappa shape index (κ2) is 8.23. The van der Waals surface area contributed by atoms with E-state index in [4.69, 9.17) is 27.9 Å². The quantitative estimate of drug-likeness (QED) is 0.815. The molecule has 5 heteroatoms. The third-order valence-electron chi connectivity index (χ3n) is 3.55. The van der Waals surface area contributed by atoms with Crippen LogP contribution in [0.3, 0.4) is 0 Å². The third-order valence-corrected chi connectivity index (χ3v) is 4.11. The van der Waals surface area contributed by atoms with Gasteiger partial charge in [0.15, 0.2) is 5.75 Å². The largest absolute Gasteiger partial charge is 0.494 e. The van der Waals surface area contributed by atoms with Gasteiger partial charge in [0.2, 0.25) is 0 Å². The Hall–Kier alpha value is -1.71. The van der Waals surface area contributed by atoms with E-state index in [1.807, 2.05) is 25.1 Å². The predicted octanol–water partition coefficient (Wildman–Crippen LogP) is 4.75. The van der Waals surface area contributed by atoms with Gasteiger partial charge in [-0.3, -0.25) is 4.79 Å². The highest BCUT2D eigenvalue weighted by Gasteiger charge is 2.15. The van der Waals surface area contributed by atoms with Gasteiger partial charge in [-0.2, -0.15) is 0 Å². The fraction of sp³-hybridized carbons (Fsp3) is 0.278. The van der Waals surface area contributed by atoms with Crippen molar-refractivity contribution in [2.45, 2.75) is 25.8 Å². The maximum atomic E-state index is 12.3. The predicted molar refractivity (Wildman–Crippen MR) is 94.7 cm³/mol. The number of hydrogen-bond acceptors (Lipinski definition) is 2. The number of carbonyl (C=O) groups is 1. The smallest absolute Gasteiger partial charge is 0.251 e. The number of rotatable bonds is 6. The Kier molecular flexibility index (Phi) is 6.31. The van der Waals surface area contributed by atoms with E-state index in [9.17, 15) is 4.79 Å². The van der Waals surface area contributed by atoms with E-state index in [0.717, 1.165) is 12.8 Å². The molecule has 1 unspecified atom stereocenters. The number of aryl methyl sites for hydroxylation is 1. The summed E-state index contributed by atoms with van der Waals surface area (Å²) in [5.41, 5.74) is 1.68. The average Bonchev–Trinajstić information content (AvgIpc) is 2.53. The monoisotopic (exact) mass is 351 g/mol. The van der Waals surface area contributed by atoms with E-state index < -0.39 is 0 Å². The summed E-state index contributed by atoms with van der Waals surface area (Å²) in [4.78, 5) is 12.3. The van der Waals surface area contributed by atoms with Crippen molar-refractivity contribution in [1.29, 1.82) is 0 Å². The Morgan fingerprint density at radius 1 is 1.17 bits per heavy atom. The van der Waals surface area contributed by atoms with Crippen LogP contribution in [0, 0.1) is 0 Å². The molecule has 0 heterocycles. The fourth-order valence-electron chi connectivity index (χ4n) is 2.29. The molecule has 0 radical (unpaired) electrons. The number of halogens is 2. The molecule has 0 saturated carbocycles. The highest BCUT2D eigenvalue weighted by atomic mass is 35.5. The van der Waals surface area contributed by atoms with Gasteiger partial charge < -0.3 is 10.1 Å². The van der Waals surface area contributed by atoms with Gasteiger partial charge in [0, 0.05) is 11.6 Å². The van der Waals surface area contributed by atoms with Crippen LogP contribution in [-0.2, 0) is 6.42 Å². The maximum Gasteiger partial charge on any atom is 0.251 e. The summed E-state index contributed by atoms with van der Waals surface area (Å²) in [6.07, 6.45) is 1.76. The van der Waals surface area contributed by atoms with E-state index in [1.165, 1.54) is 12.7 Å². The van der Waals surface area contributed by atoms with Gasteiger partial charge in [-0.25, -0.2) is 0 Å². The first-order valence-electron chi connectivity index (χ1n) is 7.39. The van der Waals surface area contributed by atoms with Crippen LogP contribution in [0.2, 0.25) is 10.0 Å². The van der Waals surface area contributed by atoms with Crippen molar-refractivity contribution >= 4 is 29.1 Å². The second-order valence-electron chi connectivity index (χ2n) is 5.37. The van der Waals surface area contributed by atoms with Gasteiger partial charge >= 0.3 is 0 Å². The van der Waals surface area contributed by atoms with Gasteiger partial charge in [0.25, 0.3) is 5.91 Å². The first-order chi connectivity index (χ1) is 11.0. The number of benzene rings is 2. The summed E-state index contributed by atoms with van der Waals surface area (Å²) < 4.78 is 5.08. The first-order valence-corrected chi connectivity index (χ1v) is 8.14. The number of hydrogen-bond donors (Lipinski definition) is 1. The molecule has 0 saturated heterocycles. The van der Waals surface area contributed by atoms with E-state index in [1.54, 1.807) is 12.1 Å². The number of amides is 1. The van der Waals surface area contributed by atoms with Crippen LogP contribution in [0.15, 0.2) is 42.5 Å². The van der Waals surface area contributed by atoms with Crippen LogP contribution < -0.4 is 10.1 Å². The van der Waals surface area contributed by atoms with Crippen LogP contribution in [0.5, 0.6) is 5.75 Å². The second-order valence-corrected chi connectivity index (χ2v) is 6.19. The molecule has 3 nitrogen and oxygen atoms in total. The van der Waals surface area contributed by atoms with Crippen LogP contribution in [0.4, 0.5) is 0 Å². The van der Waals surface area contributed by atoms with Crippen molar-refractivity contribution < 1.29 is 9.53 Å². The summed E-state index contributed by atoms with van der Waals surface area (Å²) in [7, 11) is 1.48. The Morgan fingerprint density at radius 2 is 1.78 bits per heavy atom. The highest BCUT2D eigenvalue weighted by Crippen LogP contribution is 2.33. The van der Waals surface area contributed by atoms with Gasteiger partial charge in [-0.1, -0.05) is 53.5 Å². The molecule has 1 N–H and O–H groups in total. The average molecular weight is 352 g/mol. The molecule has 2 aromatic rings. The fourth-order valence-corrected chi connectivity index (χ4v) is 2.93. The lowest BCUT2D eigenvalue weighted by Gasteiger charge is -2.15. The molecule has 1 atom stereocenters. The number of carbonyl (C=O) groups excluding carboxylic acids is 1. The van der Waals surface area contributed by atoms with E-state index in [-0.39, 0.29) is 11.9 Å². The van der Waals surface area contributed by atoms with E-state index in [2.05, 4.69) is 17.4 Å². The molecule has 2 aromatic carbocycles. The Balaban J connectivity index is 1.96. The minimum atomic E-state index is -0.197. The normalized spacial score (nSPS) is 11.8. The zero-order valence-corrected chi connectivity index (χ0v) is 14.6. The van der Waals surface area contributed by atoms with Crippen molar-refractivity contribution in [3.05, 3.63) is 63.6 Å². The van der Waals surface area contributed by atoms with Gasteiger partial charge in [0.05, 0.1) is 17.2 Å². The van der Waals surface area contributed by atoms with Crippen molar-refractivity contribution in [2.24, 2.45) is 0 Å². The molecule has 1 amide bonds. The lowest BCUT2D eigenvalue weighted by Crippen LogP contribution is -2.32. The zero-order chi connectivity index (χ0) is 16.8. The Bertz CT molecular complexity index is 651. The third kappa shape index (κ3) is 4.88. The molecule has 2 rings (SSSR count). The van der Waals surface area contributed by atoms with Crippen LogP contribution in [0.1, 0.15) is 29.3 Å². The van der Waals surface area contributed by atoms with Crippen molar-refractivity contribution in [3.63, 3.8) is 0 Å². The van der Waals surface area contributed by atoms with Gasteiger partial charge in [-0.05, 0) is 37.5 Å². The molecule has 0 aliphatic rings. The SMILES string of the molecule is COc1c(Cl)cc(C(=O)NC(C)CCc2ccccc2)cc1Cl. The van der Waals surface area contributed by atoms with Crippen molar-refractivity contribution in [2.75, 3.05) is 7.11 Å². The van der Waals surface area contributed by atoms with Crippen molar-refractivity contribution in [1.82, 2.24) is 5.32 Å². The molecule has 0 aromatic heterocycles. The highest BCUT2D eigenvalue weighted by molar-refractivity contribution is 6.37. The Labute approximate surface area is 146 Å². The zero-order valence-electron chi connectivity index (χ0n) is 13.1. The van der Waals surface area contributed by atoms with Crippen molar-refractivity contribution in [3.8, 4) is 5.75 Å². The molecule has 0 fully saturated rings. The summed E-state index contributed by atoms with van der Waals surface area (Å²) >= 11 is 12.1. The number of methoxy groups -OCH3 is 1. The molecule has 0 spiro atoms. The maximum absolute atomic E-state index is 12.3. The topological polar surface area (TPSA) is 38.3 Å². The number of nitrogens with one attached hydrogen (secondary N) is 1. The first kappa shape index (κ1) is 17.6. The summed E-state index contributed by atoms with van der Waals surface area (Å²) in [5.74, 6) is 0.180. The molecular weight excluding hydrogens is 333 g/mol. The Morgan fingerprint density at radius 3 is 2.35 bits per heavy atom. The van der Waals surface area contributed by atoms with Gasteiger partial charge in [-0.15, -0.1) is 0 Å². The summed E-state index contributed by atoms with van der Waals surface area (Å²) in [6, 6.07) is 13.3. The lowest BCUT2D eigenvalue weighted by atomic mass is 10.1. The van der Waals surface area contributed by atoms with Crippen LogP contribution >= 0.6 is 23.2 Å². The van der Waals surface area contributed by atoms with Crippen LogP contribution in [0.25, 0.3) is 0 Å². The molecule has 23 heavy (non-hydrogen) atoms. The van der Waals surface area contributed by atoms with E-state index in [0.29, 0.717) is 21.4 Å². The molecule has 0 bridgehead atoms. The lowest BCUT2D eigenvalue weighted by molar-refractivity contribution is 0.0938. The molecular formula is C18H19Cl2NO2. The number of ether oxygens (including phenoxy) is 1. The minimum absolute atomic E-state index is 0.0439. The summed E-state index contributed by atoms with van der Waals surface area (Å²) in [5, 5.41) is 3.60. The molecule has 0 aliphatic carbocycles. The van der Waals surface area contributed by atoms with Crippen LogP contribution in [-0.4, -0.2) is 19.1 Å². The van der Waals surface area contributed by atoms with E-state index >= 15 is 0 Å². The summed E-state index contributed by atoms with van der Waals surface area (Å²) in [6.45, 7) is 1.98. The minimum Gasteiger partial charge on any atom is -0.494 e. The molecule has 0 aliphatic heterocycles. The van der Waals surface area contributed by atoms with Gasteiger partial charge in [0.1, 0.15) is 0 Å². The standard InChI is InChI=1S/C18H19Cl2NO2/c1-12(8-9-13-6-4-3-5-7-13)21-18(22)14-10-15(19)17(23-2)16(20)11-14/h3-7,10-12H,8-9H2,1-2H3,(H,21,22).